The summed E-state index contributed by atoms with van der Waals surface area (Å²) in [6.45, 7) is 0.439. The van der Waals surface area contributed by atoms with E-state index in [0.29, 0.717) is 19.4 Å². The summed E-state index contributed by atoms with van der Waals surface area (Å²) < 4.78 is 4.97. The highest BCUT2D eigenvalue weighted by molar-refractivity contribution is 6.29. The molecule has 0 saturated carbocycles. The molecule has 1 saturated heterocycles. The Balaban J connectivity index is 2.18. The minimum Gasteiger partial charge on any atom is -0.480 e. The molecule has 0 unspecified atom stereocenters. The Kier molecular flexibility index (Phi) is 2.87. The third-order valence-corrected chi connectivity index (χ3v) is 2.79. The number of amides is 1. The zero-order chi connectivity index (χ0) is 11.7. The number of halogens is 1. The van der Waals surface area contributed by atoms with Crippen LogP contribution in [0.1, 0.15) is 23.4 Å². The molecule has 0 spiro atoms. The fraction of sp³-hybridized carbons (Fsp3) is 0.400. The monoisotopic (exact) mass is 243 g/mol. The van der Waals surface area contributed by atoms with Crippen LogP contribution in [0.3, 0.4) is 0 Å². The Morgan fingerprint density at radius 2 is 2.25 bits per heavy atom. The van der Waals surface area contributed by atoms with Gasteiger partial charge in [-0.3, -0.25) is 4.79 Å². The normalized spacial score (nSPS) is 20.1. The van der Waals surface area contributed by atoms with Crippen molar-refractivity contribution in [3.63, 3.8) is 0 Å². The second-order valence-electron chi connectivity index (χ2n) is 3.60. The van der Waals surface area contributed by atoms with Crippen molar-refractivity contribution in [3.05, 3.63) is 23.1 Å². The van der Waals surface area contributed by atoms with Gasteiger partial charge in [-0.1, -0.05) is 0 Å². The number of carbonyl (C=O) groups is 2. The van der Waals surface area contributed by atoms with Crippen LogP contribution in [0, 0.1) is 0 Å². The van der Waals surface area contributed by atoms with E-state index >= 15 is 0 Å². The van der Waals surface area contributed by atoms with Crippen LogP contribution in [0.2, 0.25) is 5.22 Å². The summed E-state index contributed by atoms with van der Waals surface area (Å²) >= 11 is 5.56. The maximum Gasteiger partial charge on any atom is 0.326 e. The average molecular weight is 244 g/mol. The Bertz CT molecular complexity index is 428. The molecule has 5 nitrogen and oxygen atoms in total. The summed E-state index contributed by atoms with van der Waals surface area (Å²) in [5, 5.41) is 9.05. The van der Waals surface area contributed by atoms with Crippen molar-refractivity contribution >= 4 is 23.5 Å². The van der Waals surface area contributed by atoms with Gasteiger partial charge in [-0.25, -0.2) is 4.79 Å². The molecular formula is C10H10ClNO4. The second-order valence-corrected chi connectivity index (χ2v) is 3.97. The SMILES string of the molecule is O=C(O)[C@@H]1CCCN1C(=O)c1ccc(Cl)o1. The minimum absolute atomic E-state index is 0.0816. The lowest BCUT2D eigenvalue weighted by atomic mass is 10.2. The van der Waals surface area contributed by atoms with E-state index in [2.05, 4.69) is 0 Å². The molecule has 2 heterocycles. The smallest absolute Gasteiger partial charge is 0.326 e. The highest BCUT2D eigenvalue weighted by Gasteiger charge is 2.35. The number of hydrogen-bond acceptors (Lipinski definition) is 3. The molecular weight excluding hydrogens is 234 g/mol. The number of nitrogens with zero attached hydrogens (tertiary/aromatic N) is 1. The average Bonchev–Trinajstić information content (AvgIpc) is 2.84. The van der Waals surface area contributed by atoms with Crippen LogP contribution in [-0.2, 0) is 4.79 Å². The summed E-state index contributed by atoms with van der Waals surface area (Å²) in [4.78, 5) is 24.1. The van der Waals surface area contributed by atoms with Crippen molar-refractivity contribution in [2.45, 2.75) is 18.9 Å². The number of carboxylic acid groups (broad SMARTS) is 1. The lowest BCUT2D eigenvalue weighted by molar-refractivity contribution is -0.141. The lowest BCUT2D eigenvalue weighted by Gasteiger charge is -2.19. The van der Waals surface area contributed by atoms with Gasteiger partial charge < -0.3 is 14.4 Å². The van der Waals surface area contributed by atoms with Gasteiger partial charge in [0.1, 0.15) is 6.04 Å². The maximum absolute atomic E-state index is 11.9. The van der Waals surface area contributed by atoms with Gasteiger partial charge in [0, 0.05) is 6.54 Å². The molecule has 1 aliphatic heterocycles. The maximum atomic E-state index is 11.9. The van der Waals surface area contributed by atoms with Gasteiger partial charge in [0.2, 0.25) is 0 Å². The van der Waals surface area contributed by atoms with Gasteiger partial charge >= 0.3 is 5.97 Å². The van der Waals surface area contributed by atoms with Crippen LogP contribution in [0.4, 0.5) is 0 Å². The summed E-state index contributed by atoms with van der Waals surface area (Å²) in [6.07, 6.45) is 1.17. The zero-order valence-electron chi connectivity index (χ0n) is 8.35. The Hall–Kier alpha value is -1.49. The van der Waals surface area contributed by atoms with Crippen molar-refractivity contribution in [1.82, 2.24) is 4.90 Å². The highest BCUT2D eigenvalue weighted by Crippen LogP contribution is 2.22. The molecule has 1 aromatic rings. The molecule has 0 aliphatic carbocycles. The fourth-order valence-corrected chi connectivity index (χ4v) is 1.98. The van der Waals surface area contributed by atoms with Gasteiger partial charge in [0.25, 0.3) is 5.91 Å². The number of carbonyl (C=O) groups excluding carboxylic acids is 1. The minimum atomic E-state index is -0.983. The van der Waals surface area contributed by atoms with E-state index in [9.17, 15) is 9.59 Å². The third-order valence-electron chi connectivity index (χ3n) is 2.58. The van der Waals surface area contributed by atoms with Crippen LogP contribution in [-0.4, -0.2) is 34.5 Å². The van der Waals surface area contributed by atoms with E-state index in [-0.39, 0.29) is 11.0 Å². The first kappa shape index (κ1) is 11.0. The van der Waals surface area contributed by atoms with Gasteiger partial charge in [-0.05, 0) is 36.6 Å². The predicted octanol–water partition coefficient (Wildman–Crippen LogP) is 1.62. The van der Waals surface area contributed by atoms with Gasteiger partial charge in [0.15, 0.2) is 11.0 Å². The highest BCUT2D eigenvalue weighted by atomic mass is 35.5. The van der Waals surface area contributed by atoms with E-state index in [1.807, 2.05) is 0 Å². The van der Waals surface area contributed by atoms with Gasteiger partial charge in [0.05, 0.1) is 0 Å². The van der Waals surface area contributed by atoms with Crippen molar-refractivity contribution in [1.29, 1.82) is 0 Å². The number of aliphatic carboxylic acids is 1. The molecule has 1 atom stereocenters. The van der Waals surface area contributed by atoms with Crippen LogP contribution in [0.5, 0.6) is 0 Å². The molecule has 86 valence electrons. The number of furan rings is 1. The number of hydrogen-bond donors (Lipinski definition) is 1. The van der Waals surface area contributed by atoms with Gasteiger partial charge in [-0.15, -0.1) is 0 Å². The molecule has 1 aliphatic rings. The number of rotatable bonds is 2. The van der Waals surface area contributed by atoms with E-state index in [4.69, 9.17) is 21.1 Å². The molecule has 0 bridgehead atoms. The first-order valence-electron chi connectivity index (χ1n) is 4.88. The molecule has 0 aromatic carbocycles. The van der Waals surface area contributed by atoms with Crippen molar-refractivity contribution < 1.29 is 19.1 Å². The van der Waals surface area contributed by atoms with E-state index in [1.54, 1.807) is 0 Å². The molecule has 16 heavy (non-hydrogen) atoms. The Morgan fingerprint density at radius 3 is 2.81 bits per heavy atom. The van der Waals surface area contributed by atoms with Crippen LogP contribution in [0.15, 0.2) is 16.5 Å². The summed E-state index contributed by atoms with van der Waals surface area (Å²) in [5.74, 6) is -1.32. The second kappa shape index (κ2) is 4.17. The predicted molar refractivity (Wildman–Crippen MR) is 55.4 cm³/mol. The van der Waals surface area contributed by atoms with Crippen molar-refractivity contribution in [2.75, 3.05) is 6.54 Å². The van der Waals surface area contributed by atoms with Crippen molar-refractivity contribution in [3.8, 4) is 0 Å². The van der Waals surface area contributed by atoms with E-state index < -0.39 is 17.9 Å². The third kappa shape index (κ3) is 1.90. The van der Waals surface area contributed by atoms with E-state index in [1.165, 1.54) is 17.0 Å². The number of carboxylic acids is 1. The number of likely N-dealkylation sites (tertiary alicyclic amines) is 1. The van der Waals surface area contributed by atoms with Gasteiger partial charge in [-0.2, -0.15) is 0 Å². The molecule has 6 heteroatoms. The Morgan fingerprint density at radius 1 is 1.50 bits per heavy atom. The summed E-state index contributed by atoms with van der Waals surface area (Å²) in [7, 11) is 0. The topological polar surface area (TPSA) is 70.8 Å². The lowest BCUT2D eigenvalue weighted by Crippen LogP contribution is -2.40. The summed E-state index contributed by atoms with van der Waals surface area (Å²) in [6, 6.07) is 2.15. The zero-order valence-corrected chi connectivity index (χ0v) is 9.11. The molecule has 1 aromatic heterocycles. The Labute approximate surface area is 96.6 Å². The first-order valence-corrected chi connectivity index (χ1v) is 5.26. The summed E-state index contributed by atoms with van der Waals surface area (Å²) in [5.41, 5.74) is 0. The van der Waals surface area contributed by atoms with E-state index in [0.717, 1.165) is 0 Å². The van der Waals surface area contributed by atoms with Crippen LogP contribution < -0.4 is 0 Å². The molecule has 1 N–H and O–H groups in total. The molecule has 0 radical (unpaired) electrons. The fourth-order valence-electron chi connectivity index (χ4n) is 1.84. The molecule has 1 fully saturated rings. The quantitative estimate of drug-likeness (QED) is 0.857. The largest absolute Gasteiger partial charge is 0.480 e. The first-order chi connectivity index (χ1) is 7.59. The molecule has 2 rings (SSSR count). The van der Waals surface area contributed by atoms with Crippen molar-refractivity contribution in [2.24, 2.45) is 0 Å². The van der Waals surface area contributed by atoms with Crippen LogP contribution in [0.25, 0.3) is 0 Å². The standard InChI is InChI=1S/C10H10ClNO4/c11-8-4-3-7(16-8)9(13)12-5-1-2-6(12)10(14)15/h3-4,6H,1-2,5H2,(H,14,15)/t6-/m0/s1. The molecule has 1 amide bonds. The van der Waals surface area contributed by atoms with Crippen LogP contribution >= 0.6 is 11.6 Å².